The third-order valence-corrected chi connectivity index (χ3v) is 5.32. The van der Waals surface area contributed by atoms with Crippen LogP contribution in [0.5, 0.6) is 5.75 Å². The lowest BCUT2D eigenvalue weighted by molar-refractivity contribution is 0.0602. The lowest BCUT2D eigenvalue weighted by Gasteiger charge is -2.36. The zero-order valence-electron chi connectivity index (χ0n) is 15.6. The lowest BCUT2D eigenvalue weighted by Crippen LogP contribution is -2.44. The van der Waals surface area contributed by atoms with E-state index in [2.05, 4.69) is 15.5 Å². The van der Waals surface area contributed by atoms with Crippen molar-refractivity contribution < 1.29 is 9.90 Å². The minimum Gasteiger partial charge on any atom is -0.508 e. The highest BCUT2D eigenvalue weighted by atomic mass is 16.3. The van der Waals surface area contributed by atoms with Gasteiger partial charge in [0, 0.05) is 18.2 Å². The molecular weight excluding hydrogens is 354 g/mol. The third kappa shape index (κ3) is 4.03. The topological polar surface area (TPSA) is 84.1 Å². The highest BCUT2D eigenvalue weighted by Gasteiger charge is 2.27. The molecule has 1 aliphatic heterocycles. The summed E-state index contributed by atoms with van der Waals surface area (Å²) >= 11 is 0. The highest BCUT2D eigenvalue weighted by molar-refractivity contribution is 5.94. The van der Waals surface area contributed by atoms with Crippen molar-refractivity contribution in [2.24, 2.45) is 0 Å². The number of aryl methyl sites for hydroxylation is 1. The highest BCUT2D eigenvalue weighted by Crippen LogP contribution is 2.24. The largest absolute Gasteiger partial charge is 0.508 e. The molecule has 2 aromatic carbocycles. The van der Waals surface area contributed by atoms with Gasteiger partial charge in [-0.1, -0.05) is 12.1 Å². The van der Waals surface area contributed by atoms with E-state index < -0.39 is 0 Å². The Bertz CT molecular complexity index is 907. The van der Waals surface area contributed by atoms with Gasteiger partial charge in [0.25, 0.3) is 5.91 Å². The molecule has 1 aliphatic rings. The number of rotatable bonds is 5. The summed E-state index contributed by atoms with van der Waals surface area (Å²) in [6, 6.07) is 15.0. The van der Waals surface area contributed by atoms with Gasteiger partial charge in [0.15, 0.2) is 0 Å². The molecule has 0 bridgehead atoms. The molecule has 2 heterocycles. The lowest BCUT2D eigenvalue weighted by atomic mass is 9.95. The normalized spacial score (nSPS) is 16.9. The summed E-state index contributed by atoms with van der Waals surface area (Å²) in [6.45, 7) is 0.799. The van der Waals surface area contributed by atoms with Crippen LogP contribution in [0, 0.1) is 0 Å². The van der Waals surface area contributed by atoms with Crippen LogP contribution >= 0.6 is 0 Å². The minimum absolute atomic E-state index is 0.0821. The molecule has 0 spiro atoms. The Morgan fingerprint density at radius 2 is 1.86 bits per heavy atom. The SMILES string of the molecule is O=C(c1ccc(-n2cnnn2)cc1)N1CCCC[C@H]1CCc1ccc(O)cc1. The second-order valence-electron chi connectivity index (χ2n) is 7.15. The van der Waals surface area contributed by atoms with Gasteiger partial charge in [-0.25, -0.2) is 4.68 Å². The van der Waals surface area contributed by atoms with Crippen molar-refractivity contribution in [1.82, 2.24) is 25.1 Å². The number of hydrogen-bond acceptors (Lipinski definition) is 5. The van der Waals surface area contributed by atoms with Crippen LogP contribution in [0.25, 0.3) is 5.69 Å². The number of carbonyl (C=O) groups excluding carboxylic acids is 1. The molecule has 1 aromatic heterocycles. The average Bonchev–Trinajstić information content (AvgIpc) is 3.28. The standard InChI is InChI=1S/C21H23N5O2/c27-20-12-5-16(6-13-20)4-9-18-3-1-2-14-25(18)21(28)17-7-10-19(11-8-17)26-15-22-23-24-26/h5-8,10-13,15,18,27H,1-4,9,14H2/t18-/m0/s1. The molecule has 1 saturated heterocycles. The van der Waals surface area contributed by atoms with Crippen LogP contribution in [0.15, 0.2) is 54.9 Å². The monoisotopic (exact) mass is 377 g/mol. The van der Waals surface area contributed by atoms with Crippen LogP contribution in [-0.4, -0.2) is 48.7 Å². The summed E-state index contributed by atoms with van der Waals surface area (Å²) in [5.41, 5.74) is 2.69. The molecule has 0 radical (unpaired) electrons. The molecule has 144 valence electrons. The van der Waals surface area contributed by atoms with E-state index in [0.29, 0.717) is 5.56 Å². The van der Waals surface area contributed by atoms with Crippen molar-refractivity contribution in [2.45, 2.75) is 38.1 Å². The van der Waals surface area contributed by atoms with Gasteiger partial charge in [0.1, 0.15) is 12.1 Å². The molecule has 7 nitrogen and oxygen atoms in total. The maximum absolute atomic E-state index is 13.1. The number of aromatic nitrogens is 4. The predicted octanol–water partition coefficient (Wildman–Crippen LogP) is 3.00. The van der Waals surface area contributed by atoms with Crippen molar-refractivity contribution in [3.63, 3.8) is 0 Å². The van der Waals surface area contributed by atoms with E-state index in [1.165, 1.54) is 11.9 Å². The molecule has 0 aliphatic carbocycles. The number of nitrogens with zero attached hydrogens (tertiary/aromatic N) is 5. The van der Waals surface area contributed by atoms with E-state index in [1.807, 2.05) is 41.3 Å². The first-order valence-corrected chi connectivity index (χ1v) is 9.63. The number of amides is 1. The molecule has 1 fully saturated rings. The number of phenolic OH excluding ortho intramolecular Hbond substituents is 1. The molecule has 4 rings (SSSR count). The van der Waals surface area contributed by atoms with Crippen LogP contribution in [0.4, 0.5) is 0 Å². The predicted molar refractivity (Wildman–Crippen MR) is 104 cm³/mol. The third-order valence-electron chi connectivity index (χ3n) is 5.32. The first kappa shape index (κ1) is 18.2. The molecule has 0 saturated carbocycles. The quantitative estimate of drug-likeness (QED) is 0.739. The van der Waals surface area contributed by atoms with Crippen LogP contribution in [0.1, 0.15) is 41.6 Å². The average molecular weight is 377 g/mol. The molecule has 1 atom stereocenters. The van der Waals surface area contributed by atoms with Crippen LogP contribution in [0.2, 0.25) is 0 Å². The molecule has 1 N–H and O–H groups in total. The maximum Gasteiger partial charge on any atom is 0.254 e. The van der Waals surface area contributed by atoms with Crippen molar-refractivity contribution >= 4 is 5.91 Å². The number of piperidine rings is 1. The molecule has 0 unspecified atom stereocenters. The van der Waals surface area contributed by atoms with Crippen LogP contribution in [0.3, 0.4) is 0 Å². The summed E-state index contributed by atoms with van der Waals surface area (Å²) in [7, 11) is 0. The molecule has 3 aromatic rings. The number of tetrazole rings is 1. The Hall–Kier alpha value is -3.22. The molecule has 1 amide bonds. The van der Waals surface area contributed by atoms with Crippen molar-refractivity contribution in [1.29, 1.82) is 0 Å². The number of aromatic hydroxyl groups is 1. The Kier molecular flexibility index (Phi) is 5.32. The second kappa shape index (κ2) is 8.21. The summed E-state index contributed by atoms with van der Waals surface area (Å²) in [5, 5.41) is 20.6. The van der Waals surface area contributed by atoms with E-state index in [0.717, 1.165) is 44.3 Å². The van der Waals surface area contributed by atoms with Gasteiger partial charge in [-0.15, -0.1) is 5.10 Å². The van der Waals surface area contributed by atoms with Gasteiger partial charge in [-0.3, -0.25) is 4.79 Å². The van der Waals surface area contributed by atoms with Crippen molar-refractivity contribution in [2.75, 3.05) is 6.54 Å². The summed E-state index contributed by atoms with van der Waals surface area (Å²) in [5.74, 6) is 0.363. The first-order valence-electron chi connectivity index (χ1n) is 9.63. The summed E-state index contributed by atoms with van der Waals surface area (Å²) < 4.78 is 1.57. The van der Waals surface area contributed by atoms with Gasteiger partial charge in [0.05, 0.1) is 5.69 Å². The number of phenols is 1. The van der Waals surface area contributed by atoms with Crippen molar-refractivity contribution in [3.05, 3.63) is 66.0 Å². The Labute approximate surface area is 163 Å². The van der Waals surface area contributed by atoms with Gasteiger partial charge in [-0.05, 0) is 84.5 Å². The Balaban J connectivity index is 1.44. The smallest absolute Gasteiger partial charge is 0.254 e. The summed E-state index contributed by atoms with van der Waals surface area (Å²) in [6.07, 6.45) is 6.59. The van der Waals surface area contributed by atoms with E-state index in [1.54, 1.807) is 16.8 Å². The molecule has 7 heteroatoms. The van der Waals surface area contributed by atoms with Crippen LogP contribution < -0.4 is 0 Å². The van der Waals surface area contributed by atoms with Crippen LogP contribution in [-0.2, 0) is 6.42 Å². The van der Waals surface area contributed by atoms with E-state index in [4.69, 9.17) is 0 Å². The zero-order chi connectivity index (χ0) is 19.3. The number of benzene rings is 2. The molecule has 28 heavy (non-hydrogen) atoms. The second-order valence-corrected chi connectivity index (χ2v) is 7.15. The zero-order valence-corrected chi connectivity index (χ0v) is 15.6. The fraction of sp³-hybridized carbons (Fsp3) is 0.333. The molecular formula is C21H23N5O2. The fourth-order valence-electron chi connectivity index (χ4n) is 3.77. The van der Waals surface area contributed by atoms with Gasteiger partial charge in [0.2, 0.25) is 0 Å². The number of carbonyl (C=O) groups is 1. The van der Waals surface area contributed by atoms with E-state index in [9.17, 15) is 9.90 Å². The van der Waals surface area contributed by atoms with Gasteiger partial charge >= 0.3 is 0 Å². The first-order chi connectivity index (χ1) is 13.7. The summed E-state index contributed by atoms with van der Waals surface area (Å²) in [4.78, 5) is 15.1. The fourth-order valence-corrected chi connectivity index (χ4v) is 3.77. The Morgan fingerprint density at radius 3 is 2.57 bits per heavy atom. The van der Waals surface area contributed by atoms with E-state index in [-0.39, 0.29) is 17.7 Å². The Morgan fingerprint density at radius 1 is 1.07 bits per heavy atom. The van der Waals surface area contributed by atoms with Crippen molar-refractivity contribution in [3.8, 4) is 11.4 Å². The van der Waals surface area contributed by atoms with Gasteiger partial charge < -0.3 is 10.0 Å². The minimum atomic E-state index is 0.0821. The number of likely N-dealkylation sites (tertiary alicyclic amines) is 1. The van der Waals surface area contributed by atoms with Gasteiger partial charge in [-0.2, -0.15) is 0 Å². The van der Waals surface area contributed by atoms with E-state index >= 15 is 0 Å². The maximum atomic E-state index is 13.1. The number of hydrogen-bond donors (Lipinski definition) is 1.